The summed E-state index contributed by atoms with van der Waals surface area (Å²) >= 11 is 0. The second-order valence-electron chi connectivity index (χ2n) is 2.52. The lowest BCUT2D eigenvalue weighted by atomic mass is 10.4. The number of anilines is 1. The average Bonchev–Trinajstić information content (AvgIpc) is 2.13. The molecule has 1 aromatic heterocycles. The molecule has 0 aliphatic rings. The first-order valence-electron chi connectivity index (χ1n) is 3.64. The fourth-order valence-electron chi connectivity index (χ4n) is 1.10. The number of nitrogens with one attached hydrogen (secondary N) is 2. The minimum atomic E-state index is 0.984. The van der Waals surface area contributed by atoms with Gasteiger partial charge in [-0.05, 0) is 26.8 Å². The van der Waals surface area contributed by atoms with Crippen LogP contribution in [0, 0.1) is 13.8 Å². The summed E-state index contributed by atoms with van der Waals surface area (Å²) in [5.74, 6) is 0. The molecular formula is C8H14N2. The van der Waals surface area contributed by atoms with E-state index in [4.69, 9.17) is 0 Å². The Bertz CT molecular complexity index is 213. The molecule has 0 saturated carbocycles. The summed E-state index contributed by atoms with van der Waals surface area (Å²) in [6, 6.07) is 2.12. The lowest BCUT2D eigenvalue weighted by Gasteiger charge is -1.98. The number of rotatable bonds is 2. The van der Waals surface area contributed by atoms with Gasteiger partial charge in [0.1, 0.15) is 0 Å². The molecule has 0 amide bonds. The predicted octanol–water partition coefficient (Wildman–Crippen LogP) is 2.06. The van der Waals surface area contributed by atoms with Crippen LogP contribution in [0.4, 0.5) is 5.69 Å². The van der Waals surface area contributed by atoms with E-state index in [1.807, 2.05) is 0 Å². The van der Waals surface area contributed by atoms with Gasteiger partial charge < -0.3 is 10.3 Å². The van der Waals surface area contributed by atoms with Crippen LogP contribution in [0.25, 0.3) is 0 Å². The molecule has 1 rings (SSSR count). The molecule has 1 heterocycles. The zero-order valence-electron chi connectivity index (χ0n) is 6.78. The molecule has 0 aliphatic heterocycles. The normalized spacial score (nSPS) is 9.90. The molecule has 0 aromatic carbocycles. The van der Waals surface area contributed by atoms with Gasteiger partial charge in [-0.15, -0.1) is 0 Å². The Balaban J connectivity index is 2.81. The summed E-state index contributed by atoms with van der Waals surface area (Å²) in [6.07, 6.45) is 0. The second-order valence-corrected chi connectivity index (χ2v) is 2.52. The van der Waals surface area contributed by atoms with Gasteiger partial charge in [-0.3, -0.25) is 0 Å². The van der Waals surface area contributed by atoms with Crippen molar-refractivity contribution in [3.8, 4) is 0 Å². The Morgan fingerprint density at radius 3 is 2.60 bits per heavy atom. The number of hydrogen-bond acceptors (Lipinski definition) is 1. The zero-order valence-corrected chi connectivity index (χ0v) is 6.78. The van der Waals surface area contributed by atoms with E-state index in [-0.39, 0.29) is 0 Å². The van der Waals surface area contributed by atoms with Crippen LogP contribution in [0.5, 0.6) is 0 Å². The summed E-state index contributed by atoms with van der Waals surface area (Å²) in [7, 11) is 0. The van der Waals surface area contributed by atoms with Crippen LogP contribution >= 0.6 is 0 Å². The molecule has 0 spiro atoms. The third-order valence-corrected chi connectivity index (χ3v) is 1.52. The number of hydrogen-bond donors (Lipinski definition) is 2. The van der Waals surface area contributed by atoms with Gasteiger partial charge in [-0.25, -0.2) is 0 Å². The molecule has 0 radical (unpaired) electrons. The van der Waals surface area contributed by atoms with Crippen molar-refractivity contribution >= 4 is 5.69 Å². The van der Waals surface area contributed by atoms with Gasteiger partial charge in [-0.1, -0.05) is 0 Å². The summed E-state index contributed by atoms with van der Waals surface area (Å²) in [5.41, 5.74) is 3.66. The summed E-state index contributed by atoms with van der Waals surface area (Å²) in [6.45, 7) is 7.22. The third kappa shape index (κ3) is 1.32. The molecule has 2 heteroatoms. The van der Waals surface area contributed by atoms with Crippen LogP contribution in [0.1, 0.15) is 18.3 Å². The minimum Gasteiger partial charge on any atom is -0.384 e. The number of aromatic amines is 1. The molecule has 0 atom stereocenters. The van der Waals surface area contributed by atoms with Crippen molar-refractivity contribution < 1.29 is 0 Å². The van der Waals surface area contributed by atoms with E-state index < -0.39 is 0 Å². The second kappa shape index (κ2) is 2.78. The van der Waals surface area contributed by atoms with E-state index in [1.54, 1.807) is 0 Å². The Morgan fingerprint density at radius 2 is 2.20 bits per heavy atom. The van der Waals surface area contributed by atoms with Gasteiger partial charge in [0.15, 0.2) is 0 Å². The molecule has 0 saturated heterocycles. The SMILES string of the molecule is CCNc1cc(C)[nH]c1C. The van der Waals surface area contributed by atoms with E-state index in [1.165, 1.54) is 17.1 Å². The van der Waals surface area contributed by atoms with Gasteiger partial charge >= 0.3 is 0 Å². The summed E-state index contributed by atoms with van der Waals surface area (Å²) in [5, 5.41) is 3.27. The van der Waals surface area contributed by atoms with Gasteiger partial charge in [-0.2, -0.15) is 0 Å². The highest BCUT2D eigenvalue weighted by Gasteiger charge is 1.97. The molecule has 10 heavy (non-hydrogen) atoms. The van der Waals surface area contributed by atoms with Gasteiger partial charge in [0, 0.05) is 17.9 Å². The third-order valence-electron chi connectivity index (χ3n) is 1.52. The highest BCUT2D eigenvalue weighted by molar-refractivity contribution is 5.49. The lowest BCUT2D eigenvalue weighted by molar-refractivity contribution is 1.16. The van der Waals surface area contributed by atoms with E-state index >= 15 is 0 Å². The van der Waals surface area contributed by atoms with Crippen LogP contribution in [-0.2, 0) is 0 Å². The van der Waals surface area contributed by atoms with E-state index in [9.17, 15) is 0 Å². The maximum absolute atomic E-state index is 3.27. The molecule has 1 aromatic rings. The fourth-order valence-corrected chi connectivity index (χ4v) is 1.10. The van der Waals surface area contributed by atoms with E-state index in [2.05, 4.69) is 37.1 Å². The van der Waals surface area contributed by atoms with Crippen LogP contribution in [-0.4, -0.2) is 11.5 Å². The van der Waals surface area contributed by atoms with E-state index in [0.717, 1.165) is 6.54 Å². The average molecular weight is 138 g/mol. The van der Waals surface area contributed by atoms with Crippen molar-refractivity contribution in [1.82, 2.24) is 4.98 Å². The summed E-state index contributed by atoms with van der Waals surface area (Å²) in [4.78, 5) is 3.23. The van der Waals surface area contributed by atoms with Crippen LogP contribution < -0.4 is 5.32 Å². The Morgan fingerprint density at radius 1 is 1.50 bits per heavy atom. The molecule has 2 N–H and O–H groups in total. The van der Waals surface area contributed by atoms with Gasteiger partial charge in [0.05, 0.1) is 5.69 Å². The molecule has 2 nitrogen and oxygen atoms in total. The standard InChI is InChI=1S/C8H14N2/c1-4-9-8-5-6(2)10-7(8)3/h5,9-10H,4H2,1-3H3. The Hall–Kier alpha value is -0.920. The predicted molar refractivity (Wildman–Crippen MR) is 44.4 cm³/mol. The molecule has 0 aliphatic carbocycles. The fraction of sp³-hybridized carbons (Fsp3) is 0.500. The number of H-pyrrole nitrogens is 1. The van der Waals surface area contributed by atoms with Crippen LogP contribution in [0.2, 0.25) is 0 Å². The zero-order chi connectivity index (χ0) is 7.56. The highest BCUT2D eigenvalue weighted by Crippen LogP contribution is 2.14. The van der Waals surface area contributed by atoms with Crippen LogP contribution in [0.3, 0.4) is 0 Å². The highest BCUT2D eigenvalue weighted by atomic mass is 14.9. The van der Waals surface area contributed by atoms with Crippen molar-refractivity contribution in [2.75, 3.05) is 11.9 Å². The Labute approximate surface area is 61.7 Å². The topological polar surface area (TPSA) is 27.8 Å². The molecule has 0 bridgehead atoms. The van der Waals surface area contributed by atoms with E-state index in [0.29, 0.717) is 0 Å². The first-order valence-corrected chi connectivity index (χ1v) is 3.64. The maximum atomic E-state index is 3.27. The quantitative estimate of drug-likeness (QED) is 0.643. The van der Waals surface area contributed by atoms with Gasteiger partial charge in [0.25, 0.3) is 0 Å². The van der Waals surface area contributed by atoms with Crippen LogP contribution in [0.15, 0.2) is 6.07 Å². The molecular weight excluding hydrogens is 124 g/mol. The molecule has 56 valence electrons. The number of aryl methyl sites for hydroxylation is 2. The van der Waals surface area contributed by atoms with Crippen molar-refractivity contribution in [3.05, 3.63) is 17.5 Å². The lowest BCUT2D eigenvalue weighted by Crippen LogP contribution is -1.95. The smallest absolute Gasteiger partial charge is 0.0550 e. The van der Waals surface area contributed by atoms with Crippen molar-refractivity contribution in [2.45, 2.75) is 20.8 Å². The largest absolute Gasteiger partial charge is 0.384 e. The molecule has 0 unspecified atom stereocenters. The van der Waals surface area contributed by atoms with Crippen molar-refractivity contribution in [3.63, 3.8) is 0 Å². The first kappa shape index (κ1) is 7.19. The van der Waals surface area contributed by atoms with Crippen molar-refractivity contribution in [1.29, 1.82) is 0 Å². The van der Waals surface area contributed by atoms with Gasteiger partial charge in [0.2, 0.25) is 0 Å². The summed E-state index contributed by atoms with van der Waals surface area (Å²) < 4.78 is 0. The maximum Gasteiger partial charge on any atom is 0.0550 e. The van der Waals surface area contributed by atoms with Crippen molar-refractivity contribution in [2.24, 2.45) is 0 Å². The first-order chi connectivity index (χ1) is 4.74. The number of aromatic nitrogens is 1. The minimum absolute atomic E-state index is 0.984. The molecule has 0 fully saturated rings. The monoisotopic (exact) mass is 138 g/mol. The Kier molecular flexibility index (Phi) is 2.00.